The molecule has 1 nitrogen and oxygen atoms in total. The van der Waals surface area contributed by atoms with Crippen molar-refractivity contribution in [2.24, 2.45) is 5.41 Å². The lowest BCUT2D eigenvalue weighted by Crippen LogP contribution is -2.19. The van der Waals surface area contributed by atoms with Gasteiger partial charge in [-0.1, -0.05) is 43.7 Å². The first kappa shape index (κ1) is 17.4. The van der Waals surface area contributed by atoms with Crippen LogP contribution in [0.5, 0.6) is 0 Å². The monoisotopic (exact) mass is 288 g/mol. The van der Waals surface area contributed by atoms with Gasteiger partial charge in [-0.3, -0.25) is 4.79 Å². The number of aldehydes is 1. The van der Waals surface area contributed by atoms with Crippen LogP contribution in [0.15, 0.2) is 59.0 Å². The Morgan fingerprint density at radius 1 is 1.19 bits per heavy atom. The standard InChI is InChI=1S/C19H25FO/c1-15-9-8-13-19(3,4)17(15)12-11-16(2)18(20)10-6-5-7-14-21/h5-7,10-12,14H,8-9,13H2,1-4H3/b7-5+,10-6+,12-11+,18-16-. The van der Waals surface area contributed by atoms with Crippen molar-refractivity contribution < 1.29 is 9.18 Å². The van der Waals surface area contributed by atoms with Crippen LogP contribution in [0.1, 0.15) is 47.0 Å². The highest BCUT2D eigenvalue weighted by Gasteiger charge is 2.26. The van der Waals surface area contributed by atoms with Crippen molar-refractivity contribution >= 4 is 6.29 Å². The molecule has 0 fully saturated rings. The molecule has 0 heterocycles. The van der Waals surface area contributed by atoms with Gasteiger partial charge in [0.05, 0.1) is 0 Å². The average Bonchev–Trinajstić information content (AvgIpc) is 2.41. The third kappa shape index (κ3) is 5.30. The Hall–Kier alpha value is -1.70. The van der Waals surface area contributed by atoms with Crippen LogP contribution in [0.4, 0.5) is 4.39 Å². The Bertz CT molecular complexity index is 528. The maximum Gasteiger partial charge on any atom is 0.142 e. The second kappa shape index (κ2) is 7.92. The minimum absolute atomic E-state index is 0.165. The number of hydrogen-bond acceptors (Lipinski definition) is 1. The van der Waals surface area contributed by atoms with Crippen LogP contribution >= 0.6 is 0 Å². The molecular formula is C19H25FO. The Labute approximate surface area is 127 Å². The van der Waals surface area contributed by atoms with E-state index >= 15 is 0 Å². The second-order valence-electron chi connectivity index (χ2n) is 6.18. The van der Waals surface area contributed by atoms with E-state index in [1.165, 1.54) is 48.3 Å². The molecule has 0 aromatic heterocycles. The summed E-state index contributed by atoms with van der Waals surface area (Å²) in [6.07, 6.45) is 13.8. The van der Waals surface area contributed by atoms with Gasteiger partial charge >= 0.3 is 0 Å². The molecule has 0 unspecified atom stereocenters. The molecule has 2 heteroatoms. The molecule has 0 radical (unpaired) electrons. The Morgan fingerprint density at radius 3 is 2.52 bits per heavy atom. The van der Waals surface area contributed by atoms with E-state index in [4.69, 9.17) is 0 Å². The van der Waals surface area contributed by atoms with Crippen LogP contribution in [0.25, 0.3) is 0 Å². The Kier molecular flexibility index (Phi) is 6.54. The van der Waals surface area contributed by atoms with Gasteiger partial charge in [-0.2, -0.15) is 0 Å². The molecule has 0 saturated carbocycles. The fraction of sp³-hybridized carbons (Fsp3) is 0.421. The normalized spacial score (nSPS) is 20.6. The van der Waals surface area contributed by atoms with Crippen molar-refractivity contribution in [3.8, 4) is 0 Å². The second-order valence-corrected chi connectivity index (χ2v) is 6.18. The predicted molar refractivity (Wildman–Crippen MR) is 87.6 cm³/mol. The number of carbonyl (C=O) groups excluding carboxylic acids is 1. The number of allylic oxidation sites excluding steroid dienone is 10. The zero-order valence-electron chi connectivity index (χ0n) is 13.4. The van der Waals surface area contributed by atoms with Gasteiger partial charge in [0.2, 0.25) is 0 Å². The first-order valence-electron chi connectivity index (χ1n) is 7.41. The minimum Gasteiger partial charge on any atom is -0.299 e. The molecule has 0 aromatic carbocycles. The molecule has 114 valence electrons. The van der Waals surface area contributed by atoms with E-state index in [2.05, 4.69) is 26.8 Å². The van der Waals surface area contributed by atoms with Crippen molar-refractivity contribution in [2.45, 2.75) is 47.0 Å². The van der Waals surface area contributed by atoms with E-state index in [0.29, 0.717) is 11.9 Å². The summed E-state index contributed by atoms with van der Waals surface area (Å²) in [4.78, 5) is 10.1. The summed E-state index contributed by atoms with van der Waals surface area (Å²) < 4.78 is 13.9. The average molecular weight is 288 g/mol. The molecule has 21 heavy (non-hydrogen) atoms. The van der Waals surface area contributed by atoms with E-state index in [1.54, 1.807) is 6.92 Å². The molecule has 1 aliphatic carbocycles. The first-order chi connectivity index (χ1) is 9.88. The first-order valence-corrected chi connectivity index (χ1v) is 7.41. The Balaban J connectivity index is 2.90. The number of carbonyl (C=O) groups is 1. The third-order valence-corrected chi connectivity index (χ3v) is 3.96. The summed E-state index contributed by atoms with van der Waals surface area (Å²) in [7, 11) is 0. The van der Waals surface area contributed by atoms with Crippen LogP contribution < -0.4 is 0 Å². The molecule has 0 saturated heterocycles. The van der Waals surface area contributed by atoms with Crippen LogP contribution in [-0.2, 0) is 4.79 Å². The molecule has 0 atom stereocenters. The number of halogens is 1. The summed E-state index contributed by atoms with van der Waals surface area (Å²) in [5, 5.41) is 0. The highest BCUT2D eigenvalue weighted by atomic mass is 19.1. The highest BCUT2D eigenvalue weighted by molar-refractivity contribution is 5.65. The van der Waals surface area contributed by atoms with Crippen LogP contribution in [0, 0.1) is 5.41 Å². The number of rotatable bonds is 5. The van der Waals surface area contributed by atoms with Gasteiger partial charge in [-0.25, -0.2) is 4.39 Å². The lowest BCUT2D eigenvalue weighted by Gasteiger charge is -2.32. The van der Waals surface area contributed by atoms with E-state index in [0.717, 1.165) is 6.42 Å². The summed E-state index contributed by atoms with van der Waals surface area (Å²) in [6, 6.07) is 0. The van der Waals surface area contributed by atoms with Gasteiger partial charge in [0, 0.05) is 0 Å². The largest absolute Gasteiger partial charge is 0.299 e. The minimum atomic E-state index is -0.284. The van der Waals surface area contributed by atoms with Gasteiger partial charge in [-0.05, 0) is 61.8 Å². The van der Waals surface area contributed by atoms with E-state index in [-0.39, 0.29) is 11.2 Å². The topological polar surface area (TPSA) is 17.1 Å². The van der Waals surface area contributed by atoms with Gasteiger partial charge < -0.3 is 0 Å². The van der Waals surface area contributed by atoms with Crippen molar-refractivity contribution in [1.82, 2.24) is 0 Å². The van der Waals surface area contributed by atoms with E-state index in [9.17, 15) is 9.18 Å². The summed E-state index contributed by atoms with van der Waals surface area (Å²) in [5.41, 5.74) is 3.48. The third-order valence-electron chi connectivity index (χ3n) is 3.96. The molecule has 0 bridgehead atoms. The Morgan fingerprint density at radius 2 is 1.90 bits per heavy atom. The van der Waals surface area contributed by atoms with Gasteiger partial charge in [0.15, 0.2) is 0 Å². The maximum absolute atomic E-state index is 13.9. The maximum atomic E-state index is 13.9. The van der Waals surface area contributed by atoms with Crippen molar-refractivity contribution in [3.63, 3.8) is 0 Å². The molecule has 1 rings (SSSR count). The predicted octanol–water partition coefficient (Wildman–Crippen LogP) is 5.62. The van der Waals surface area contributed by atoms with Crippen LogP contribution in [-0.4, -0.2) is 6.29 Å². The summed E-state index contributed by atoms with van der Waals surface area (Å²) in [5.74, 6) is -0.284. The molecule has 1 aliphatic rings. The zero-order chi connectivity index (χ0) is 15.9. The molecule has 0 aromatic rings. The highest BCUT2D eigenvalue weighted by Crippen LogP contribution is 2.40. The van der Waals surface area contributed by atoms with E-state index < -0.39 is 0 Å². The fourth-order valence-electron chi connectivity index (χ4n) is 2.68. The van der Waals surface area contributed by atoms with Crippen LogP contribution in [0.2, 0.25) is 0 Å². The zero-order valence-corrected chi connectivity index (χ0v) is 13.4. The van der Waals surface area contributed by atoms with E-state index in [1.807, 2.05) is 6.08 Å². The molecule has 0 amide bonds. The number of hydrogen-bond donors (Lipinski definition) is 0. The van der Waals surface area contributed by atoms with Crippen molar-refractivity contribution in [1.29, 1.82) is 0 Å². The van der Waals surface area contributed by atoms with Gasteiger partial charge in [0.1, 0.15) is 12.1 Å². The quantitative estimate of drug-likeness (QED) is 0.364. The van der Waals surface area contributed by atoms with Crippen LogP contribution in [0.3, 0.4) is 0 Å². The lowest BCUT2D eigenvalue weighted by atomic mass is 9.72. The smallest absolute Gasteiger partial charge is 0.142 e. The SMILES string of the molecule is CC1=C(/C=C/C(C)=C(F)/C=C/C=C/C=O)C(C)(C)CCC1. The summed E-state index contributed by atoms with van der Waals surface area (Å²) >= 11 is 0. The fourth-order valence-corrected chi connectivity index (χ4v) is 2.68. The molecular weight excluding hydrogens is 263 g/mol. The van der Waals surface area contributed by atoms with Crippen molar-refractivity contribution in [3.05, 3.63) is 59.0 Å². The molecule has 0 aliphatic heterocycles. The lowest BCUT2D eigenvalue weighted by molar-refractivity contribution is -0.104. The molecule has 0 N–H and O–H groups in total. The summed E-state index contributed by atoms with van der Waals surface area (Å²) in [6.45, 7) is 8.41. The van der Waals surface area contributed by atoms with Gasteiger partial charge in [-0.15, -0.1) is 0 Å². The molecule has 0 spiro atoms. The van der Waals surface area contributed by atoms with Gasteiger partial charge in [0.25, 0.3) is 0 Å². The van der Waals surface area contributed by atoms with Crippen molar-refractivity contribution in [2.75, 3.05) is 0 Å².